The number of ether oxygens (including phenoxy) is 2. The average molecular weight is 285 g/mol. The summed E-state index contributed by atoms with van der Waals surface area (Å²) in [7, 11) is 0. The van der Waals surface area contributed by atoms with Crippen molar-refractivity contribution in [3.05, 3.63) is 0 Å². The minimum atomic E-state index is -0.642. The summed E-state index contributed by atoms with van der Waals surface area (Å²) in [5, 5.41) is 9.75. The number of fused-ring (bicyclic) bond motifs is 1. The molecule has 6 heteroatoms. The molecule has 2 rings (SSSR count). The third-order valence-corrected chi connectivity index (χ3v) is 3.82. The lowest BCUT2D eigenvalue weighted by Gasteiger charge is -2.41. The van der Waals surface area contributed by atoms with Gasteiger partial charge in [-0.3, -0.25) is 4.90 Å². The fourth-order valence-electron chi connectivity index (χ4n) is 2.92. The SMILES string of the molecule is CCOC(=O)C1CC2C(O)CC2N1C(=O)OC(C)(C)C. The van der Waals surface area contributed by atoms with E-state index in [0.717, 1.165) is 0 Å². The van der Waals surface area contributed by atoms with E-state index in [9.17, 15) is 14.7 Å². The molecular weight excluding hydrogens is 262 g/mol. The number of amides is 1. The highest BCUT2D eigenvalue weighted by atomic mass is 16.6. The normalized spacial score (nSPS) is 32.4. The van der Waals surface area contributed by atoms with Crippen LogP contribution in [0.25, 0.3) is 0 Å². The Morgan fingerprint density at radius 1 is 1.30 bits per heavy atom. The van der Waals surface area contributed by atoms with E-state index in [2.05, 4.69) is 0 Å². The fraction of sp³-hybridized carbons (Fsp3) is 0.857. The van der Waals surface area contributed by atoms with Crippen LogP contribution in [-0.4, -0.2) is 52.5 Å². The number of aliphatic hydroxyl groups is 1. The van der Waals surface area contributed by atoms with Crippen molar-refractivity contribution in [2.75, 3.05) is 6.61 Å². The molecule has 1 saturated heterocycles. The van der Waals surface area contributed by atoms with E-state index in [4.69, 9.17) is 9.47 Å². The Balaban J connectivity index is 2.13. The molecule has 0 spiro atoms. The van der Waals surface area contributed by atoms with E-state index in [0.29, 0.717) is 12.8 Å². The molecule has 1 aliphatic heterocycles. The van der Waals surface area contributed by atoms with Gasteiger partial charge in [-0.2, -0.15) is 0 Å². The van der Waals surface area contributed by atoms with Crippen LogP contribution in [0.3, 0.4) is 0 Å². The molecule has 1 saturated carbocycles. The van der Waals surface area contributed by atoms with Gasteiger partial charge < -0.3 is 14.6 Å². The molecule has 4 unspecified atom stereocenters. The standard InChI is InChI=1S/C14H23NO5/c1-5-19-12(17)10-6-8-9(7-11(8)16)15(10)13(18)20-14(2,3)4/h8-11,16H,5-7H2,1-4H3. The molecule has 0 bridgehead atoms. The first kappa shape index (κ1) is 15.1. The van der Waals surface area contributed by atoms with Crippen LogP contribution in [0, 0.1) is 5.92 Å². The lowest BCUT2D eigenvalue weighted by atomic mass is 9.77. The molecule has 4 atom stereocenters. The van der Waals surface area contributed by atoms with Crippen LogP contribution in [-0.2, 0) is 14.3 Å². The Morgan fingerprint density at radius 3 is 2.45 bits per heavy atom. The highest BCUT2D eigenvalue weighted by Gasteiger charge is 2.57. The van der Waals surface area contributed by atoms with Crippen LogP contribution in [0.5, 0.6) is 0 Å². The van der Waals surface area contributed by atoms with Crippen LogP contribution >= 0.6 is 0 Å². The van der Waals surface area contributed by atoms with E-state index in [1.54, 1.807) is 27.7 Å². The first-order chi connectivity index (χ1) is 9.24. The first-order valence-electron chi connectivity index (χ1n) is 7.10. The van der Waals surface area contributed by atoms with Crippen LogP contribution < -0.4 is 0 Å². The third-order valence-electron chi connectivity index (χ3n) is 3.82. The number of esters is 1. The van der Waals surface area contributed by atoms with Crippen LogP contribution in [0.15, 0.2) is 0 Å². The molecule has 1 heterocycles. The molecule has 114 valence electrons. The van der Waals surface area contributed by atoms with E-state index in [1.165, 1.54) is 4.90 Å². The van der Waals surface area contributed by atoms with Crippen molar-refractivity contribution >= 4 is 12.1 Å². The Bertz CT molecular complexity index is 403. The van der Waals surface area contributed by atoms with E-state index >= 15 is 0 Å². The molecular formula is C14H23NO5. The number of carbonyl (C=O) groups is 2. The maximum absolute atomic E-state index is 12.3. The third kappa shape index (κ3) is 2.75. The second-order valence-electron chi connectivity index (χ2n) is 6.43. The molecule has 1 aliphatic carbocycles. The molecule has 0 aromatic rings. The minimum Gasteiger partial charge on any atom is -0.464 e. The second kappa shape index (κ2) is 5.24. The van der Waals surface area contributed by atoms with Crippen molar-refractivity contribution in [2.45, 2.75) is 64.3 Å². The van der Waals surface area contributed by atoms with Crippen molar-refractivity contribution in [1.82, 2.24) is 4.90 Å². The zero-order chi connectivity index (χ0) is 15.1. The van der Waals surface area contributed by atoms with Gasteiger partial charge in [0.25, 0.3) is 0 Å². The number of aliphatic hydroxyl groups excluding tert-OH is 1. The Kier molecular flexibility index (Phi) is 3.95. The Hall–Kier alpha value is -1.30. The monoisotopic (exact) mass is 285 g/mol. The molecule has 20 heavy (non-hydrogen) atoms. The fourth-order valence-corrected chi connectivity index (χ4v) is 2.92. The van der Waals surface area contributed by atoms with Crippen LogP contribution in [0.1, 0.15) is 40.5 Å². The average Bonchev–Trinajstić information content (AvgIpc) is 2.60. The van der Waals surface area contributed by atoms with Crippen molar-refractivity contribution in [3.63, 3.8) is 0 Å². The molecule has 1 N–H and O–H groups in total. The number of hydrogen-bond donors (Lipinski definition) is 1. The quantitative estimate of drug-likeness (QED) is 0.774. The lowest BCUT2D eigenvalue weighted by Crippen LogP contribution is -2.54. The Morgan fingerprint density at radius 2 is 1.95 bits per heavy atom. The van der Waals surface area contributed by atoms with Gasteiger partial charge in [-0.25, -0.2) is 9.59 Å². The van der Waals surface area contributed by atoms with Gasteiger partial charge in [-0.05, 0) is 40.5 Å². The molecule has 1 amide bonds. The number of likely N-dealkylation sites (tertiary alicyclic amines) is 1. The van der Waals surface area contributed by atoms with Crippen molar-refractivity contribution in [1.29, 1.82) is 0 Å². The van der Waals surface area contributed by atoms with Gasteiger partial charge in [-0.15, -0.1) is 0 Å². The summed E-state index contributed by atoms with van der Waals surface area (Å²) in [6.45, 7) is 7.36. The van der Waals surface area contributed by atoms with Gasteiger partial charge in [0, 0.05) is 12.0 Å². The molecule has 2 aliphatic rings. The van der Waals surface area contributed by atoms with Gasteiger partial charge >= 0.3 is 12.1 Å². The summed E-state index contributed by atoms with van der Waals surface area (Å²) in [6, 6.07) is -0.758. The number of hydrogen-bond acceptors (Lipinski definition) is 5. The summed E-state index contributed by atoms with van der Waals surface area (Å²) in [6.07, 6.45) is 0.00306. The molecule has 0 aromatic carbocycles. The van der Waals surface area contributed by atoms with Crippen LogP contribution in [0.2, 0.25) is 0 Å². The van der Waals surface area contributed by atoms with E-state index in [1.807, 2.05) is 0 Å². The van der Waals surface area contributed by atoms with E-state index in [-0.39, 0.29) is 18.6 Å². The predicted molar refractivity (Wildman–Crippen MR) is 71.0 cm³/mol. The van der Waals surface area contributed by atoms with Gasteiger partial charge in [0.05, 0.1) is 12.7 Å². The molecule has 0 aromatic heterocycles. The lowest BCUT2D eigenvalue weighted by molar-refractivity contribution is -0.148. The minimum absolute atomic E-state index is 0.0445. The van der Waals surface area contributed by atoms with Gasteiger partial charge in [0.1, 0.15) is 11.6 Å². The van der Waals surface area contributed by atoms with Crippen molar-refractivity contribution in [3.8, 4) is 0 Å². The van der Waals surface area contributed by atoms with Crippen LogP contribution in [0.4, 0.5) is 4.79 Å². The summed E-state index contributed by atoms with van der Waals surface area (Å²) < 4.78 is 10.4. The van der Waals surface area contributed by atoms with E-state index < -0.39 is 29.8 Å². The smallest absolute Gasteiger partial charge is 0.411 e. The second-order valence-corrected chi connectivity index (χ2v) is 6.43. The largest absolute Gasteiger partial charge is 0.464 e. The first-order valence-corrected chi connectivity index (χ1v) is 7.10. The summed E-state index contributed by atoms with van der Waals surface area (Å²) in [5.74, 6) is -0.461. The topological polar surface area (TPSA) is 76.1 Å². The van der Waals surface area contributed by atoms with Crippen molar-refractivity contribution in [2.24, 2.45) is 5.92 Å². The number of carbonyl (C=O) groups excluding carboxylic acids is 2. The van der Waals surface area contributed by atoms with Gasteiger partial charge in [0.15, 0.2) is 0 Å². The summed E-state index contributed by atoms with van der Waals surface area (Å²) in [4.78, 5) is 25.7. The predicted octanol–water partition coefficient (Wildman–Crippen LogP) is 1.31. The van der Waals surface area contributed by atoms with Gasteiger partial charge in [0.2, 0.25) is 0 Å². The zero-order valence-corrected chi connectivity index (χ0v) is 12.5. The number of nitrogens with zero attached hydrogens (tertiary/aromatic N) is 1. The molecule has 2 fully saturated rings. The summed E-state index contributed by atoms with van der Waals surface area (Å²) >= 11 is 0. The zero-order valence-electron chi connectivity index (χ0n) is 12.5. The summed E-state index contributed by atoms with van der Waals surface area (Å²) in [5.41, 5.74) is -0.614. The highest BCUT2D eigenvalue weighted by molar-refractivity contribution is 5.83. The Labute approximate surface area is 119 Å². The highest BCUT2D eigenvalue weighted by Crippen LogP contribution is 2.44. The van der Waals surface area contributed by atoms with Gasteiger partial charge in [-0.1, -0.05) is 0 Å². The molecule has 0 radical (unpaired) electrons. The molecule has 6 nitrogen and oxygen atoms in total. The maximum atomic E-state index is 12.3. The van der Waals surface area contributed by atoms with Crippen molar-refractivity contribution < 1.29 is 24.2 Å². The maximum Gasteiger partial charge on any atom is 0.411 e. The number of rotatable bonds is 2.